The van der Waals surface area contributed by atoms with E-state index in [1.54, 1.807) is 0 Å². The lowest BCUT2D eigenvalue weighted by molar-refractivity contribution is -0.121. The van der Waals surface area contributed by atoms with E-state index in [2.05, 4.69) is 37.4 Å². The molecule has 1 amide bonds. The molecule has 1 rings (SSSR count). The molecule has 1 N–H and O–H groups in total. The molecule has 0 saturated carbocycles. The molecule has 0 aliphatic carbocycles. The second-order valence-corrected chi connectivity index (χ2v) is 4.48. The van der Waals surface area contributed by atoms with Crippen molar-refractivity contribution < 1.29 is 4.79 Å². The minimum atomic E-state index is 0.114. The summed E-state index contributed by atoms with van der Waals surface area (Å²) in [6.07, 6.45) is 1.45. The highest BCUT2D eigenvalue weighted by Crippen LogP contribution is 2.11. The monoisotopic (exact) mass is 219 g/mol. The van der Waals surface area contributed by atoms with Crippen LogP contribution in [0, 0.1) is 13.8 Å². The first-order chi connectivity index (χ1) is 7.52. The summed E-state index contributed by atoms with van der Waals surface area (Å²) in [5.74, 6) is 0.114. The Kier molecular flexibility index (Phi) is 4.53. The first kappa shape index (κ1) is 12.8. The predicted molar refractivity (Wildman–Crippen MR) is 67.5 cm³/mol. The number of aryl methyl sites for hydroxylation is 2. The van der Waals surface area contributed by atoms with Crippen molar-refractivity contribution in [2.24, 2.45) is 0 Å². The Bertz CT molecular complexity index is 371. The number of amides is 1. The maximum absolute atomic E-state index is 11.7. The van der Waals surface area contributed by atoms with E-state index in [1.807, 2.05) is 13.8 Å². The van der Waals surface area contributed by atoms with Gasteiger partial charge in [0.2, 0.25) is 5.91 Å². The Morgan fingerprint density at radius 2 is 2.06 bits per heavy atom. The van der Waals surface area contributed by atoms with Crippen molar-refractivity contribution in [3.8, 4) is 0 Å². The van der Waals surface area contributed by atoms with Crippen molar-refractivity contribution in [1.29, 1.82) is 0 Å². The summed E-state index contributed by atoms with van der Waals surface area (Å²) >= 11 is 0. The third-order valence-electron chi connectivity index (χ3n) is 2.88. The number of benzene rings is 1. The molecule has 2 nitrogen and oxygen atoms in total. The molecule has 1 aromatic rings. The average molecular weight is 219 g/mol. The van der Waals surface area contributed by atoms with Gasteiger partial charge in [0.25, 0.3) is 0 Å². The van der Waals surface area contributed by atoms with Crippen LogP contribution >= 0.6 is 0 Å². The van der Waals surface area contributed by atoms with E-state index in [-0.39, 0.29) is 11.9 Å². The maximum atomic E-state index is 11.7. The fourth-order valence-electron chi connectivity index (χ4n) is 1.59. The Balaban J connectivity index is 2.65. The molecular weight excluding hydrogens is 198 g/mol. The van der Waals surface area contributed by atoms with Crippen LogP contribution in [0.4, 0.5) is 0 Å². The number of rotatable bonds is 4. The molecule has 0 aliphatic heterocycles. The van der Waals surface area contributed by atoms with Crippen LogP contribution in [-0.4, -0.2) is 11.9 Å². The van der Waals surface area contributed by atoms with Crippen LogP contribution < -0.4 is 5.32 Å². The molecule has 0 unspecified atom stereocenters. The predicted octanol–water partition coefficient (Wildman–Crippen LogP) is 2.76. The van der Waals surface area contributed by atoms with E-state index < -0.39 is 0 Å². The normalized spacial score (nSPS) is 12.2. The molecule has 0 radical (unpaired) electrons. The summed E-state index contributed by atoms with van der Waals surface area (Å²) in [6.45, 7) is 8.20. The molecule has 0 aromatic heterocycles. The van der Waals surface area contributed by atoms with E-state index in [9.17, 15) is 4.79 Å². The molecule has 2 heteroatoms. The second kappa shape index (κ2) is 5.69. The number of hydrogen-bond donors (Lipinski definition) is 1. The number of nitrogens with one attached hydrogen (secondary N) is 1. The SMILES string of the molecule is CC[C@H](C)NC(=O)Cc1cc(C)ccc1C. The van der Waals surface area contributed by atoms with E-state index in [0.717, 1.165) is 12.0 Å². The van der Waals surface area contributed by atoms with Gasteiger partial charge in [-0.05, 0) is 38.3 Å². The molecular formula is C14H21NO. The van der Waals surface area contributed by atoms with E-state index in [1.165, 1.54) is 11.1 Å². The molecule has 0 saturated heterocycles. The van der Waals surface area contributed by atoms with Crippen molar-refractivity contribution >= 4 is 5.91 Å². The lowest BCUT2D eigenvalue weighted by Crippen LogP contribution is -2.33. The van der Waals surface area contributed by atoms with Crippen molar-refractivity contribution in [1.82, 2.24) is 5.32 Å². The lowest BCUT2D eigenvalue weighted by atomic mass is 10.0. The van der Waals surface area contributed by atoms with Gasteiger partial charge in [-0.2, -0.15) is 0 Å². The third-order valence-corrected chi connectivity index (χ3v) is 2.88. The zero-order valence-electron chi connectivity index (χ0n) is 10.6. The quantitative estimate of drug-likeness (QED) is 0.829. The Morgan fingerprint density at radius 1 is 1.38 bits per heavy atom. The maximum Gasteiger partial charge on any atom is 0.224 e. The van der Waals surface area contributed by atoms with Crippen molar-refractivity contribution in [3.63, 3.8) is 0 Å². The Morgan fingerprint density at radius 3 is 2.69 bits per heavy atom. The summed E-state index contributed by atoms with van der Waals surface area (Å²) in [4.78, 5) is 11.7. The van der Waals surface area contributed by atoms with Crippen LogP contribution in [0.25, 0.3) is 0 Å². The van der Waals surface area contributed by atoms with E-state index >= 15 is 0 Å². The molecule has 0 aliphatic rings. The van der Waals surface area contributed by atoms with Gasteiger partial charge >= 0.3 is 0 Å². The third kappa shape index (κ3) is 3.69. The zero-order chi connectivity index (χ0) is 12.1. The molecule has 0 fully saturated rings. The lowest BCUT2D eigenvalue weighted by Gasteiger charge is -2.12. The van der Waals surface area contributed by atoms with Gasteiger partial charge < -0.3 is 5.32 Å². The molecule has 16 heavy (non-hydrogen) atoms. The van der Waals surface area contributed by atoms with Gasteiger partial charge in [-0.1, -0.05) is 30.7 Å². The summed E-state index contributed by atoms with van der Waals surface area (Å²) in [5, 5.41) is 2.99. The smallest absolute Gasteiger partial charge is 0.224 e. The molecule has 1 atom stereocenters. The van der Waals surface area contributed by atoms with Gasteiger partial charge in [0.15, 0.2) is 0 Å². The van der Waals surface area contributed by atoms with Crippen LogP contribution in [0.2, 0.25) is 0 Å². The van der Waals surface area contributed by atoms with Gasteiger partial charge in [-0.3, -0.25) is 4.79 Å². The summed E-state index contributed by atoms with van der Waals surface area (Å²) < 4.78 is 0. The first-order valence-corrected chi connectivity index (χ1v) is 5.88. The molecule has 1 aromatic carbocycles. The Labute approximate surface area is 98.1 Å². The first-order valence-electron chi connectivity index (χ1n) is 5.88. The molecule has 0 spiro atoms. The van der Waals surface area contributed by atoms with Crippen molar-refractivity contribution in [2.45, 2.75) is 46.6 Å². The minimum Gasteiger partial charge on any atom is -0.353 e. The number of carbonyl (C=O) groups is 1. The zero-order valence-corrected chi connectivity index (χ0v) is 10.6. The number of carbonyl (C=O) groups excluding carboxylic acids is 1. The van der Waals surface area contributed by atoms with Gasteiger partial charge in [0.1, 0.15) is 0 Å². The summed E-state index contributed by atoms with van der Waals surface area (Å²) in [5.41, 5.74) is 3.52. The van der Waals surface area contributed by atoms with Gasteiger partial charge in [-0.25, -0.2) is 0 Å². The number of hydrogen-bond acceptors (Lipinski definition) is 1. The largest absolute Gasteiger partial charge is 0.353 e. The summed E-state index contributed by atoms with van der Waals surface area (Å²) in [7, 11) is 0. The van der Waals surface area contributed by atoms with Gasteiger partial charge in [-0.15, -0.1) is 0 Å². The van der Waals surface area contributed by atoms with Crippen LogP contribution in [0.15, 0.2) is 18.2 Å². The fraction of sp³-hybridized carbons (Fsp3) is 0.500. The minimum absolute atomic E-state index is 0.114. The van der Waals surface area contributed by atoms with Crippen LogP contribution in [0.3, 0.4) is 0 Å². The van der Waals surface area contributed by atoms with Gasteiger partial charge in [0, 0.05) is 6.04 Å². The Hall–Kier alpha value is -1.31. The van der Waals surface area contributed by atoms with Crippen molar-refractivity contribution in [2.75, 3.05) is 0 Å². The highest BCUT2D eigenvalue weighted by atomic mass is 16.1. The average Bonchev–Trinajstić information content (AvgIpc) is 2.23. The molecule has 88 valence electrons. The van der Waals surface area contributed by atoms with Crippen LogP contribution in [-0.2, 0) is 11.2 Å². The van der Waals surface area contributed by atoms with Crippen LogP contribution in [0.5, 0.6) is 0 Å². The highest BCUT2D eigenvalue weighted by Gasteiger charge is 2.08. The fourth-order valence-corrected chi connectivity index (χ4v) is 1.59. The topological polar surface area (TPSA) is 29.1 Å². The standard InChI is InChI=1S/C14H21NO/c1-5-12(4)15-14(16)9-13-8-10(2)6-7-11(13)3/h6-8,12H,5,9H2,1-4H3,(H,15,16)/t12-/m0/s1. The van der Waals surface area contributed by atoms with E-state index in [0.29, 0.717) is 6.42 Å². The highest BCUT2D eigenvalue weighted by molar-refractivity contribution is 5.79. The van der Waals surface area contributed by atoms with Crippen molar-refractivity contribution in [3.05, 3.63) is 34.9 Å². The van der Waals surface area contributed by atoms with Crippen LogP contribution in [0.1, 0.15) is 37.0 Å². The molecule has 0 heterocycles. The van der Waals surface area contributed by atoms with E-state index in [4.69, 9.17) is 0 Å². The second-order valence-electron chi connectivity index (χ2n) is 4.48. The van der Waals surface area contributed by atoms with Gasteiger partial charge in [0.05, 0.1) is 6.42 Å². The summed E-state index contributed by atoms with van der Waals surface area (Å²) in [6, 6.07) is 6.50. The molecule has 0 bridgehead atoms.